The number of nitrogens with one attached hydrogen (secondary N) is 3. The maximum atomic E-state index is 12.2. The number of rotatable bonds is 17. The third-order valence-corrected chi connectivity index (χ3v) is 4.97. The van der Waals surface area contributed by atoms with Crippen LogP contribution < -0.4 is 16.0 Å². The van der Waals surface area contributed by atoms with Crippen molar-refractivity contribution in [1.82, 2.24) is 16.0 Å². The van der Waals surface area contributed by atoms with Crippen LogP contribution in [-0.2, 0) is 9.59 Å². The summed E-state index contributed by atoms with van der Waals surface area (Å²) < 4.78 is 0. The van der Waals surface area contributed by atoms with Gasteiger partial charge in [-0.05, 0) is 13.5 Å². The summed E-state index contributed by atoms with van der Waals surface area (Å²) in [6.07, 6.45) is -14.2. The topological polar surface area (TPSA) is 273 Å². The Kier molecular flexibility index (Phi) is 15.4. The zero-order valence-corrected chi connectivity index (χ0v) is 18.2. The number of aliphatic hydroxyl groups excluding tert-OH is 10. The van der Waals surface area contributed by atoms with Gasteiger partial charge in [0, 0.05) is 19.5 Å². The van der Waals surface area contributed by atoms with E-state index < -0.39 is 93.0 Å². The molecule has 33 heavy (non-hydrogen) atoms. The smallest absolute Gasteiger partial charge is 0.237 e. The summed E-state index contributed by atoms with van der Waals surface area (Å²) in [4.78, 5) is 24.1. The summed E-state index contributed by atoms with van der Waals surface area (Å²) in [5.74, 6) is -1.26. The first kappa shape index (κ1) is 31.5. The van der Waals surface area contributed by atoms with Crippen LogP contribution in [-0.4, -0.2) is 151 Å². The lowest BCUT2D eigenvalue weighted by Gasteiger charge is -2.26. The first-order valence-electron chi connectivity index (χ1n) is 10.3. The Bertz CT molecular complexity index is 572. The molecule has 15 heteroatoms. The van der Waals surface area contributed by atoms with E-state index in [1.165, 1.54) is 7.05 Å². The highest BCUT2D eigenvalue weighted by Gasteiger charge is 2.31. The first-order chi connectivity index (χ1) is 15.4. The molecule has 13 N–H and O–H groups in total. The standard InChI is InChI=1S/C18H37N3O12/c1-19-8(18(33)21-5-10(25)15(30)17(32)12(27)7-23)2-3-13(28)20-4-9(24)14(29)16(31)11(26)6-22/h8-12,14-17,19,22-27,29-32H,2-7H2,1H3,(H,20,28)(H,21,33). The van der Waals surface area contributed by atoms with Crippen molar-refractivity contribution in [2.24, 2.45) is 0 Å². The average molecular weight is 488 g/mol. The number of amides is 2. The first-order valence-corrected chi connectivity index (χ1v) is 10.3. The molecular formula is C18H37N3O12. The van der Waals surface area contributed by atoms with Gasteiger partial charge in [-0.2, -0.15) is 0 Å². The minimum atomic E-state index is -1.84. The molecule has 0 aromatic heterocycles. The van der Waals surface area contributed by atoms with Crippen LogP contribution >= 0.6 is 0 Å². The predicted octanol–water partition coefficient (Wildman–Crippen LogP) is -7.54. The molecule has 0 spiro atoms. The van der Waals surface area contributed by atoms with Crippen molar-refractivity contribution >= 4 is 11.8 Å². The molecule has 196 valence electrons. The van der Waals surface area contributed by atoms with Gasteiger partial charge >= 0.3 is 0 Å². The molecule has 0 radical (unpaired) electrons. The average Bonchev–Trinajstić information content (AvgIpc) is 2.82. The van der Waals surface area contributed by atoms with Gasteiger partial charge in [-0.25, -0.2) is 0 Å². The number of likely N-dealkylation sites (N-methyl/N-ethyl adjacent to an activating group) is 1. The second-order valence-electron chi connectivity index (χ2n) is 7.53. The summed E-state index contributed by atoms with van der Waals surface area (Å²) in [5, 5.41) is 101. The fraction of sp³-hybridized carbons (Fsp3) is 0.889. The molecule has 0 aliphatic carbocycles. The van der Waals surface area contributed by atoms with Crippen molar-refractivity contribution in [3.63, 3.8) is 0 Å². The lowest BCUT2D eigenvalue weighted by molar-refractivity contribution is -0.128. The summed E-state index contributed by atoms with van der Waals surface area (Å²) in [5.41, 5.74) is 0. The lowest BCUT2D eigenvalue weighted by Crippen LogP contribution is -2.52. The molecule has 0 aliphatic heterocycles. The zero-order chi connectivity index (χ0) is 25.7. The van der Waals surface area contributed by atoms with Crippen LogP contribution in [0, 0.1) is 0 Å². The van der Waals surface area contributed by atoms with Crippen LogP contribution in [0.15, 0.2) is 0 Å². The second-order valence-corrected chi connectivity index (χ2v) is 7.53. The van der Waals surface area contributed by atoms with Crippen molar-refractivity contribution in [2.45, 2.75) is 67.7 Å². The van der Waals surface area contributed by atoms with Crippen molar-refractivity contribution in [2.75, 3.05) is 33.4 Å². The zero-order valence-electron chi connectivity index (χ0n) is 18.2. The molecule has 0 rings (SSSR count). The van der Waals surface area contributed by atoms with E-state index in [1.54, 1.807) is 0 Å². The quantitative estimate of drug-likeness (QED) is 0.0909. The molecule has 9 atom stereocenters. The van der Waals surface area contributed by atoms with Crippen molar-refractivity contribution in [3.05, 3.63) is 0 Å². The van der Waals surface area contributed by atoms with Gasteiger partial charge in [0.2, 0.25) is 11.8 Å². The van der Waals surface area contributed by atoms with Crippen LogP contribution in [0.3, 0.4) is 0 Å². The Balaban J connectivity index is 4.47. The lowest BCUT2D eigenvalue weighted by atomic mass is 10.0. The minimum absolute atomic E-state index is 0.0246. The summed E-state index contributed by atoms with van der Waals surface area (Å²) >= 11 is 0. The number of carbonyl (C=O) groups excluding carboxylic acids is 2. The third kappa shape index (κ3) is 11.0. The highest BCUT2D eigenvalue weighted by molar-refractivity contribution is 5.83. The summed E-state index contributed by atoms with van der Waals surface area (Å²) in [6, 6.07) is -0.898. The molecule has 0 saturated heterocycles. The van der Waals surface area contributed by atoms with Gasteiger partial charge in [0.1, 0.15) is 36.6 Å². The Morgan fingerprint density at radius 2 is 1.06 bits per heavy atom. The maximum absolute atomic E-state index is 12.2. The van der Waals surface area contributed by atoms with Crippen LogP contribution in [0.25, 0.3) is 0 Å². The fourth-order valence-corrected chi connectivity index (χ4v) is 2.69. The molecule has 0 saturated carbocycles. The second kappa shape index (κ2) is 16.2. The van der Waals surface area contributed by atoms with Crippen LogP contribution in [0.5, 0.6) is 0 Å². The fourth-order valence-electron chi connectivity index (χ4n) is 2.69. The molecule has 0 aromatic carbocycles. The van der Waals surface area contributed by atoms with Crippen molar-refractivity contribution in [3.8, 4) is 0 Å². The van der Waals surface area contributed by atoms with Gasteiger partial charge in [0.15, 0.2) is 0 Å². The number of hydrogen-bond acceptors (Lipinski definition) is 13. The van der Waals surface area contributed by atoms with Crippen LogP contribution in [0.4, 0.5) is 0 Å². The highest BCUT2D eigenvalue weighted by Crippen LogP contribution is 2.06. The Labute approximate surface area is 190 Å². The highest BCUT2D eigenvalue weighted by atomic mass is 16.4. The predicted molar refractivity (Wildman–Crippen MR) is 110 cm³/mol. The Morgan fingerprint density at radius 3 is 1.45 bits per heavy atom. The van der Waals surface area contributed by atoms with Gasteiger partial charge in [-0.3, -0.25) is 9.59 Å². The number of carbonyl (C=O) groups is 2. The largest absolute Gasteiger partial charge is 0.394 e. The summed E-state index contributed by atoms with van der Waals surface area (Å²) in [7, 11) is 1.43. The van der Waals surface area contributed by atoms with E-state index in [9.17, 15) is 50.4 Å². The van der Waals surface area contributed by atoms with E-state index >= 15 is 0 Å². The van der Waals surface area contributed by atoms with E-state index in [2.05, 4.69) is 16.0 Å². The normalized spacial score (nSPS) is 20.0. The van der Waals surface area contributed by atoms with Crippen molar-refractivity contribution < 1.29 is 60.7 Å². The van der Waals surface area contributed by atoms with Gasteiger partial charge in [-0.15, -0.1) is 0 Å². The third-order valence-electron chi connectivity index (χ3n) is 4.97. The number of aliphatic hydroxyl groups is 10. The molecule has 15 nitrogen and oxygen atoms in total. The minimum Gasteiger partial charge on any atom is -0.394 e. The summed E-state index contributed by atoms with van der Waals surface area (Å²) in [6.45, 7) is -2.66. The molecular weight excluding hydrogens is 450 g/mol. The van der Waals surface area contributed by atoms with E-state index in [0.717, 1.165) is 0 Å². The number of hydrogen-bond donors (Lipinski definition) is 13. The monoisotopic (exact) mass is 487 g/mol. The molecule has 0 bridgehead atoms. The molecule has 9 unspecified atom stereocenters. The van der Waals surface area contributed by atoms with Crippen LogP contribution in [0.2, 0.25) is 0 Å². The molecule has 0 fully saturated rings. The van der Waals surface area contributed by atoms with E-state index in [1.807, 2.05) is 0 Å². The van der Waals surface area contributed by atoms with Crippen LogP contribution in [0.1, 0.15) is 12.8 Å². The molecule has 0 aromatic rings. The SMILES string of the molecule is CNC(CCC(=O)NCC(O)C(O)C(O)C(O)CO)C(=O)NCC(O)C(O)C(O)C(O)CO. The Morgan fingerprint density at radius 1 is 0.667 bits per heavy atom. The van der Waals surface area contributed by atoms with E-state index in [4.69, 9.17) is 10.2 Å². The Hall–Kier alpha value is -1.50. The van der Waals surface area contributed by atoms with Gasteiger partial charge in [-0.1, -0.05) is 0 Å². The van der Waals surface area contributed by atoms with E-state index in [-0.39, 0.29) is 12.8 Å². The molecule has 2 amide bonds. The van der Waals surface area contributed by atoms with E-state index in [0.29, 0.717) is 0 Å². The van der Waals surface area contributed by atoms with Gasteiger partial charge < -0.3 is 67.0 Å². The molecule has 0 aliphatic rings. The molecule has 0 heterocycles. The van der Waals surface area contributed by atoms with Gasteiger partial charge in [0.25, 0.3) is 0 Å². The maximum Gasteiger partial charge on any atom is 0.237 e. The van der Waals surface area contributed by atoms with Crippen molar-refractivity contribution in [1.29, 1.82) is 0 Å². The van der Waals surface area contributed by atoms with Gasteiger partial charge in [0.05, 0.1) is 31.5 Å².